The molecule has 0 spiro atoms. The zero-order valence-corrected chi connectivity index (χ0v) is 18.3. The number of nitrogens with zero attached hydrogens (tertiary/aromatic N) is 1. The van der Waals surface area contributed by atoms with Crippen LogP contribution in [0.1, 0.15) is 24.0 Å². The van der Waals surface area contributed by atoms with Crippen molar-refractivity contribution in [1.29, 1.82) is 0 Å². The Kier molecular flexibility index (Phi) is 7.75. The maximum Gasteiger partial charge on any atom is 0.243 e. The largest absolute Gasteiger partial charge is 0.355 e. The van der Waals surface area contributed by atoms with E-state index in [0.717, 1.165) is 23.5 Å². The van der Waals surface area contributed by atoms with Crippen molar-refractivity contribution < 1.29 is 13.2 Å². The molecule has 3 rings (SSSR count). The first kappa shape index (κ1) is 21.9. The van der Waals surface area contributed by atoms with Gasteiger partial charge >= 0.3 is 0 Å². The van der Waals surface area contributed by atoms with Crippen LogP contribution in [0.5, 0.6) is 0 Å². The van der Waals surface area contributed by atoms with Crippen LogP contribution in [0.25, 0.3) is 0 Å². The van der Waals surface area contributed by atoms with Crippen molar-refractivity contribution in [2.24, 2.45) is 5.92 Å². The normalized spacial score (nSPS) is 17.8. The van der Waals surface area contributed by atoms with Gasteiger partial charge in [0.25, 0.3) is 0 Å². The summed E-state index contributed by atoms with van der Waals surface area (Å²) < 4.78 is 27.2. The van der Waals surface area contributed by atoms with Gasteiger partial charge in [-0.25, -0.2) is 8.42 Å². The van der Waals surface area contributed by atoms with Gasteiger partial charge in [-0.05, 0) is 37.5 Å². The van der Waals surface area contributed by atoms with E-state index < -0.39 is 10.0 Å². The predicted molar refractivity (Wildman–Crippen MR) is 118 cm³/mol. The summed E-state index contributed by atoms with van der Waals surface area (Å²) in [6, 6.07) is 17.1. The molecule has 1 amide bonds. The highest BCUT2D eigenvalue weighted by Crippen LogP contribution is 2.24. The Hall–Kier alpha value is -1.83. The first-order valence-electron chi connectivity index (χ1n) is 9.93. The fraction of sp³-hybridized carbons (Fsp3) is 0.409. The maximum absolute atomic E-state index is 12.9. The highest BCUT2D eigenvalue weighted by atomic mass is 32.2. The van der Waals surface area contributed by atoms with Crippen LogP contribution in [-0.4, -0.2) is 44.0 Å². The number of carbonyl (C=O) groups is 1. The van der Waals surface area contributed by atoms with E-state index in [2.05, 4.69) is 17.4 Å². The van der Waals surface area contributed by atoms with E-state index in [1.807, 2.05) is 25.1 Å². The third kappa shape index (κ3) is 6.07. The lowest BCUT2D eigenvalue weighted by Gasteiger charge is -2.31. The average Bonchev–Trinajstić information content (AvgIpc) is 2.74. The van der Waals surface area contributed by atoms with Crippen molar-refractivity contribution in [3.05, 3.63) is 65.7 Å². The summed E-state index contributed by atoms with van der Waals surface area (Å²) in [5.74, 6) is 1.42. The molecule has 0 unspecified atom stereocenters. The molecular weight excluding hydrogens is 404 g/mol. The number of carbonyl (C=O) groups excluding carboxylic acids is 1. The molecule has 1 fully saturated rings. The van der Waals surface area contributed by atoms with E-state index in [1.54, 1.807) is 36.0 Å². The Bertz CT molecular complexity index is 899. The molecule has 2 aromatic rings. The van der Waals surface area contributed by atoms with E-state index in [4.69, 9.17) is 0 Å². The number of rotatable bonds is 8. The Morgan fingerprint density at radius 1 is 1.14 bits per heavy atom. The van der Waals surface area contributed by atoms with Crippen molar-refractivity contribution in [3.63, 3.8) is 0 Å². The minimum absolute atomic E-state index is 0.0471. The minimum Gasteiger partial charge on any atom is -0.355 e. The molecule has 7 heteroatoms. The first-order chi connectivity index (χ1) is 14.0. The lowest BCUT2D eigenvalue weighted by molar-refractivity contribution is -0.125. The number of piperidine rings is 1. The number of hydrogen-bond donors (Lipinski definition) is 1. The van der Waals surface area contributed by atoms with Crippen molar-refractivity contribution in [3.8, 4) is 0 Å². The molecule has 0 saturated carbocycles. The van der Waals surface area contributed by atoms with Crippen LogP contribution in [-0.2, 0) is 20.6 Å². The number of hydrogen-bond acceptors (Lipinski definition) is 4. The van der Waals surface area contributed by atoms with Crippen molar-refractivity contribution in [2.75, 3.05) is 25.4 Å². The second kappa shape index (κ2) is 10.3. The minimum atomic E-state index is -3.56. The molecule has 29 heavy (non-hydrogen) atoms. The van der Waals surface area contributed by atoms with E-state index >= 15 is 0 Å². The van der Waals surface area contributed by atoms with Crippen molar-refractivity contribution >= 4 is 27.7 Å². The topological polar surface area (TPSA) is 66.5 Å². The maximum atomic E-state index is 12.9. The number of sulfonamides is 1. The van der Waals surface area contributed by atoms with Crippen LogP contribution >= 0.6 is 11.8 Å². The number of benzene rings is 2. The first-order valence-corrected chi connectivity index (χ1v) is 12.5. The molecule has 1 N–H and O–H groups in total. The summed E-state index contributed by atoms with van der Waals surface area (Å²) in [4.78, 5) is 12.8. The van der Waals surface area contributed by atoms with Gasteiger partial charge in [0, 0.05) is 31.1 Å². The molecule has 156 valence electrons. The molecule has 0 aliphatic carbocycles. The quantitative estimate of drug-likeness (QED) is 0.649. The van der Waals surface area contributed by atoms with Crippen LogP contribution in [0.4, 0.5) is 0 Å². The molecule has 0 radical (unpaired) electrons. The van der Waals surface area contributed by atoms with E-state index in [9.17, 15) is 13.2 Å². The fourth-order valence-corrected chi connectivity index (χ4v) is 5.73. The number of amides is 1. The summed E-state index contributed by atoms with van der Waals surface area (Å²) in [7, 11) is -3.56. The van der Waals surface area contributed by atoms with Gasteiger partial charge in [0.15, 0.2) is 0 Å². The van der Waals surface area contributed by atoms with Crippen molar-refractivity contribution in [2.45, 2.75) is 30.4 Å². The average molecular weight is 433 g/mol. The SMILES string of the molecule is Cc1ccc(S(=O)(=O)N2CCC[C@@H](C(=O)NCCSCc3ccccc3)C2)cc1. The van der Waals surface area contributed by atoms with Gasteiger partial charge in [0.05, 0.1) is 10.8 Å². The highest BCUT2D eigenvalue weighted by molar-refractivity contribution is 7.98. The van der Waals surface area contributed by atoms with Gasteiger partial charge in [0.2, 0.25) is 15.9 Å². The van der Waals surface area contributed by atoms with Gasteiger partial charge in [0.1, 0.15) is 0 Å². The third-order valence-electron chi connectivity index (χ3n) is 5.07. The zero-order chi connectivity index (χ0) is 20.7. The molecule has 0 aromatic heterocycles. The molecule has 2 aromatic carbocycles. The van der Waals surface area contributed by atoms with Gasteiger partial charge in [-0.1, -0.05) is 48.0 Å². The summed E-state index contributed by atoms with van der Waals surface area (Å²) in [5, 5.41) is 2.98. The summed E-state index contributed by atoms with van der Waals surface area (Å²) in [5.41, 5.74) is 2.29. The fourth-order valence-electron chi connectivity index (χ4n) is 3.39. The molecular formula is C22H28N2O3S2. The third-order valence-corrected chi connectivity index (χ3v) is 7.98. The van der Waals surface area contributed by atoms with Crippen LogP contribution < -0.4 is 5.32 Å². The Labute approximate surface area is 177 Å². The van der Waals surface area contributed by atoms with Crippen molar-refractivity contribution in [1.82, 2.24) is 9.62 Å². The van der Waals surface area contributed by atoms with Crippen LogP contribution in [0.2, 0.25) is 0 Å². The van der Waals surface area contributed by atoms with Gasteiger partial charge < -0.3 is 5.32 Å². The lowest BCUT2D eigenvalue weighted by atomic mass is 9.99. The molecule has 5 nitrogen and oxygen atoms in total. The second-order valence-corrected chi connectivity index (χ2v) is 10.4. The second-order valence-electron chi connectivity index (χ2n) is 7.34. The van der Waals surface area contributed by atoms with Gasteiger partial charge in [-0.2, -0.15) is 16.1 Å². The highest BCUT2D eigenvalue weighted by Gasteiger charge is 2.33. The molecule has 1 aliphatic heterocycles. The molecule has 1 aliphatic rings. The number of aryl methyl sites for hydroxylation is 1. The van der Waals surface area contributed by atoms with E-state index in [1.165, 1.54) is 9.87 Å². The lowest BCUT2D eigenvalue weighted by Crippen LogP contribution is -2.45. The molecule has 0 bridgehead atoms. The predicted octanol–water partition coefficient (Wildman–Crippen LogP) is 3.45. The van der Waals surface area contributed by atoms with Gasteiger partial charge in [-0.15, -0.1) is 0 Å². The Balaban J connectivity index is 1.47. The molecule has 1 heterocycles. The Morgan fingerprint density at radius 2 is 1.86 bits per heavy atom. The monoisotopic (exact) mass is 432 g/mol. The standard InChI is InChI=1S/C22H28N2O3S2/c1-18-9-11-21(12-10-18)29(26,27)24-14-5-8-20(16-24)22(25)23-13-15-28-17-19-6-3-2-4-7-19/h2-4,6-7,9-12,20H,5,8,13-17H2,1H3,(H,23,25)/t20-/m1/s1. The molecule has 1 saturated heterocycles. The smallest absolute Gasteiger partial charge is 0.243 e. The van der Waals surface area contributed by atoms with Crippen LogP contribution in [0.15, 0.2) is 59.5 Å². The summed E-state index contributed by atoms with van der Waals surface area (Å²) in [6.07, 6.45) is 1.43. The Morgan fingerprint density at radius 3 is 2.59 bits per heavy atom. The van der Waals surface area contributed by atoms with Gasteiger partial charge in [-0.3, -0.25) is 4.79 Å². The summed E-state index contributed by atoms with van der Waals surface area (Å²) in [6.45, 7) is 3.24. The number of thioether (sulfide) groups is 1. The van der Waals surface area contributed by atoms with E-state index in [-0.39, 0.29) is 18.4 Å². The van der Waals surface area contributed by atoms with E-state index in [0.29, 0.717) is 24.4 Å². The number of nitrogens with one attached hydrogen (secondary N) is 1. The zero-order valence-electron chi connectivity index (χ0n) is 16.7. The molecule has 1 atom stereocenters. The van der Waals surface area contributed by atoms with Crippen LogP contribution in [0.3, 0.4) is 0 Å². The van der Waals surface area contributed by atoms with Crippen LogP contribution in [0, 0.1) is 12.8 Å². The summed E-state index contributed by atoms with van der Waals surface area (Å²) >= 11 is 1.78.